The minimum Gasteiger partial charge on any atom is -0.474 e. The van der Waals surface area contributed by atoms with Crippen molar-refractivity contribution < 1.29 is 18.3 Å². The normalized spacial score (nSPS) is 20.0. The number of pyridine rings is 1. The van der Waals surface area contributed by atoms with Crippen LogP contribution in [-0.4, -0.2) is 28.8 Å². The number of hydrogen-bond acceptors (Lipinski definition) is 4. The molecule has 7 heteroatoms. The van der Waals surface area contributed by atoms with E-state index < -0.39 is 5.76 Å². The van der Waals surface area contributed by atoms with Gasteiger partial charge in [0.25, 0.3) is 11.7 Å². The van der Waals surface area contributed by atoms with Crippen molar-refractivity contribution in [3.8, 4) is 5.88 Å². The number of ether oxygens (including phenoxy) is 1. The van der Waals surface area contributed by atoms with Gasteiger partial charge in [0, 0.05) is 23.2 Å². The van der Waals surface area contributed by atoms with Gasteiger partial charge in [0.05, 0.1) is 5.56 Å². The van der Waals surface area contributed by atoms with Crippen LogP contribution in [-0.2, 0) is 0 Å². The number of aromatic nitrogens is 1. The van der Waals surface area contributed by atoms with E-state index in [-0.39, 0.29) is 18.1 Å². The second kappa shape index (κ2) is 8.98. The summed E-state index contributed by atoms with van der Waals surface area (Å²) in [6.07, 6.45) is 4.97. The van der Waals surface area contributed by atoms with Gasteiger partial charge in [-0.05, 0) is 43.9 Å². The SMILES string of the molecule is O=C(NC1CCC(Oc2ccccn2)CC1)c1ccccc1SC(F)F. The van der Waals surface area contributed by atoms with Crippen LogP contribution in [0, 0.1) is 0 Å². The molecule has 4 nitrogen and oxygen atoms in total. The molecule has 1 heterocycles. The molecule has 138 valence electrons. The molecule has 0 bridgehead atoms. The van der Waals surface area contributed by atoms with Crippen molar-refractivity contribution in [1.29, 1.82) is 0 Å². The summed E-state index contributed by atoms with van der Waals surface area (Å²) in [7, 11) is 0. The molecule has 1 N–H and O–H groups in total. The number of carbonyl (C=O) groups excluding carboxylic acids is 1. The Kier molecular flexibility index (Phi) is 6.44. The Morgan fingerprint density at radius 2 is 1.85 bits per heavy atom. The van der Waals surface area contributed by atoms with E-state index >= 15 is 0 Å². The molecule has 1 saturated carbocycles. The first kappa shape index (κ1) is 18.6. The predicted octanol–water partition coefficient (Wildman–Crippen LogP) is 4.52. The third kappa shape index (κ3) is 5.17. The number of hydrogen-bond donors (Lipinski definition) is 1. The number of thioether (sulfide) groups is 1. The third-order valence-corrected chi connectivity index (χ3v) is 5.07. The van der Waals surface area contributed by atoms with Crippen molar-refractivity contribution in [2.24, 2.45) is 0 Å². The molecule has 2 aromatic rings. The summed E-state index contributed by atoms with van der Waals surface area (Å²) in [6.45, 7) is 0. The average Bonchev–Trinajstić information content (AvgIpc) is 2.64. The summed E-state index contributed by atoms with van der Waals surface area (Å²) in [4.78, 5) is 16.9. The smallest absolute Gasteiger partial charge is 0.288 e. The maximum Gasteiger partial charge on any atom is 0.288 e. The molecular formula is C19H20F2N2O2S. The Morgan fingerprint density at radius 1 is 1.12 bits per heavy atom. The number of benzene rings is 1. The number of nitrogens with one attached hydrogen (secondary N) is 1. The van der Waals surface area contributed by atoms with Crippen LogP contribution in [0.4, 0.5) is 8.78 Å². The molecule has 0 unspecified atom stereocenters. The van der Waals surface area contributed by atoms with E-state index in [1.807, 2.05) is 18.2 Å². The Labute approximate surface area is 155 Å². The lowest BCUT2D eigenvalue weighted by Crippen LogP contribution is -2.39. The van der Waals surface area contributed by atoms with Gasteiger partial charge in [0.1, 0.15) is 6.10 Å². The highest BCUT2D eigenvalue weighted by Crippen LogP contribution is 2.29. The first-order chi connectivity index (χ1) is 12.6. The van der Waals surface area contributed by atoms with Crippen LogP contribution in [0.1, 0.15) is 36.0 Å². The Balaban J connectivity index is 1.52. The fourth-order valence-corrected chi connectivity index (χ4v) is 3.67. The number of amides is 1. The summed E-state index contributed by atoms with van der Waals surface area (Å²) in [5.74, 6) is -2.25. The van der Waals surface area contributed by atoms with Gasteiger partial charge in [-0.15, -0.1) is 0 Å². The van der Waals surface area contributed by atoms with Crippen LogP contribution in [0.2, 0.25) is 0 Å². The molecule has 0 atom stereocenters. The average molecular weight is 378 g/mol. The Bertz CT molecular complexity index is 722. The topological polar surface area (TPSA) is 51.2 Å². The molecule has 1 amide bonds. The highest BCUT2D eigenvalue weighted by atomic mass is 32.2. The quantitative estimate of drug-likeness (QED) is 0.751. The van der Waals surface area contributed by atoms with Gasteiger partial charge in [0.2, 0.25) is 5.88 Å². The molecule has 0 aliphatic heterocycles. The van der Waals surface area contributed by atoms with E-state index in [1.165, 1.54) is 0 Å². The maximum atomic E-state index is 12.7. The van der Waals surface area contributed by atoms with Crippen molar-refractivity contribution in [1.82, 2.24) is 10.3 Å². The first-order valence-electron chi connectivity index (χ1n) is 8.54. The van der Waals surface area contributed by atoms with Crippen molar-refractivity contribution in [3.05, 3.63) is 54.2 Å². The summed E-state index contributed by atoms with van der Waals surface area (Å²) in [5, 5.41) is 2.96. The molecule has 1 aliphatic carbocycles. The van der Waals surface area contributed by atoms with Crippen LogP contribution >= 0.6 is 11.8 Å². The fraction of sp³-hybridized carbons (Fsp3) is 0.368. The van der Waals surface area contributed by atoms with Gasteiger partial charge in [-0.1, -0.05) is 30.0 Å². The number of nitrogens with zero attached hydrogens (tertiary/aromatic N) is 1. The highest BCUT2D eigenvalue weighted by Gasteiger charge is 2.25. The molecule has 1 fully saturated rings. The monoisotopic (exact) mass is 378 g/mol. The largest absolute Gasteiger partial charge is 0.474 e. The standard InChI is InChI=1S/C19H20F2N2O2S/c20-19(21)26-16-6-2-1-5-15(16)18(24)23-13-8-10-14(11-9-13)25-17-7-3-4-12-22-17/h1-7,12-14,19H,8-11H2,(H,23,24). The number of rotatable bonds is 6. The van der Waals surface area contributed by atoms with Crippen LogP contribution in [0.3, 0.4) is 0 Å². The van der Waals surface area contributed by atoms with Gasteiger partial charge in [-0.2, -0.15) is 8.78 Å². The number of halogens is 2. The Morgan fingerprint density at radius 3 is 2.54 bits per heavy atom. The fourth-order valence-electron chi connectivity index (χ4n) is 3.03. The second-order valence-electron chi connectivity index (χ2n) is 6.11. The van der Waals surface area contributed by atoms with Crippen molar-refractivity contribution >= 4 is 17.7 Å². The summed E-state index contributed by atoms with van der Waals surface area (Å²) >= 11 is 0.396. The van der Waals surface area contributed by atoms with Gasteiger partial charge >= 0.3 is 0 Å². The molecule has 1 aromatic heterocycles. The zero-order chi connectivity index (χ0) is 18.4. The van der Waals surface area contributed by atoms with Crippen LogP contribution in [0.25, 0.3) is 0 Å². The third-order valence-electron chi connectivity index (χ3n) is 4.28. The zero-order valence-electron chi connectivity index (χ0n) is 14.1. The molecule has 0 spiro atoms. The van der Waals surface area contributed by atoms with E-state index in [0.29, 0.717) is 28.1 Å². The van der Waals surface area contributed by atoms with Gasteiger partial charge in [-0.25, -0.2) is 4.98 Å². The van der Waals surface area contributed by atoms with Crippen LogP contribution in [0.5, 0.6) is 5.88 Å². The predicted molar refractivity (Wildman–Crippen MR) is 96.7 cm³/mol. The zero-order valence-corrected chi connectivity index (χ0v) is 14.9. The van der Waals surface area contributed by atoms with Crippen LogP contribution in [0.15, 0.2) is 53.6 Å². The van der Waals surface area contributed by atoms with E-state index in [0.717, 1.165) is 25.7 Å². The summed E-state index contributed by atoms with van der Waals surface area (Å²) in [5.41, 5.74) is 0.296. The number of carbonyl (C=O) groups is 1. The molecule has 1 aliphatic rings. The summed E-state index contributed by atoms with van der Waals surface area (Å²) in [6, 6.07) is 12.0. The second-order valence-corrected chi connectivity index (χ2v) is 7.14. The molecule has 0 radical (unpaired) electrons. The molecule has 3 rings (SSSR count). The molecular weight excluding hydrogens is 358 g/mol. The first-order valence-corrected chi connectivity index (χ1v) is 9.42. The van der Waals surface area contributed by atoms with Crippen molar-refractivity contribution in [3.63, 3.8) is 0 Å². The maximum absolute atomic E-state index is 12.7. The summed E-state index contributed by atoms with van der Waals surface area (Å²) < 4.78 is 31.2. The number of alkyl halides is 2. The van der Waals surface area contributed by atoms with E-state index in [4.69, 9.17) is 4.74 Å². The molecule has 0 saturated heterocycles. The molecule has 1 aromatic carbocycles. The lowest BCUT2D eigenvalue weighted by Gasteiger charge is -2.29. The van der Waals surface area contributed by atoms with Gasteiger partial charge in [0.15, 0.2) is 0 Å². The Hall–Kier alpha value is -2.15. The minimum atomic E-state index is -2.55. The molecule has 26 heavy (non-hydrogen) atoms. The van der Waals surface area contributed by atoms with Crippen molar-refractivity contribution in [2.75, 3.05) is 0 Å². The minimum absolute atomic E-state index is 0.0238. The van der Waals surface area contributed by atoms with Crippen molar-refractivity contribution in [2.45, 2.75) is 48.5 Å². The highest BCUT2D eigenvalue weighted by molar-refractivity contribution is 7.99. The van der Waals surface area contributed by atoms with E-state index in [2.05, 4.69) is 10.3 Å². The van der Waals surface area contributed by atoms with Crippen LogP contribution < -0.4 is 10.1 Å². The van der Waals surface area contributed by atoms with Gasteiger partial charge in [-0.3, -0.25) is 4.79 Å². The van der Waals surface area contributed by atoms with E-state index in [1.54, 1.807) is 30.5 Å². The lowest BCUT2D eigenvalue weighted by molar-refractivity contribution is 0.0887. The lowest BCUT2D eigenvalue weighted by atomic mass is 9.92. The van der Waals surface area contributed by atoms with Gasteiger partial charge < -0.3 is 10.1 Å². The van der Waals surface area contributed by atoms with E-state index in [9.17, 15) is 13.6 Å².